The number of aryl methyl sites for hydroxylation is 1. The van der Waals surface area contributed by atoms with Gasteiger partial charge in [-0.2, -0.15) is 0 Å². The number of aliphatic imine (C=N–C) groups is 1. The largest absolute Gasteiger partial charge is 0.489 e. The van der Waals surface area contributed by atoms with Crippen LogP contribution in [-0.4, -0.2) is 53.1 Å². The van der Waals surface area contributed by atoms with E-state index in [-0.39, 0.29) is 12.0 Å². The quantitative estimate of drug-likeness (QED) is 0.522. The number of halogens is 1. The monoisotopic (exact) mass is 518 g/mol. The molecule has 3 atom stereocenters. The van der Waals surface area contributed by atoms with Gasteiger partial charge >= 0.3 is 0 Å². The van der Waals surface area contributed by atoms with Crippen molar-refractivity contribution < 1.29 is 24.1 Å². The molecule has 2 unspecified atom stereocenters. The van der Waals surface area contributed by atoms with E-state index in [0.717, 1.165) is 17.7 Å². The number of ether oxygens (including phenoxy) is 3. The molecule has 2 aromatic carbocycles. The SMILES string of the molecule is CCC/N=C1\SC(C(O)c2ccc(OC[C@H]3COC(C)(C)O3)c(Cl)c2)C(=O)N1c1ccccc1C. The first-order chi connectivity index (χ1) is 16.7. The van der Waals surface area contributed by atoms with E-state index in [0.29, 0.717) is 41.3 Å². The molecular formula is C26H31ClN2O5S. The molecule has 2 heterocycles. The first-order valence-corrected chi connectivity index (χ1v) is 13.0. The lowest BCUT2D eigenvalue weighted by molar-refractivity contribution is -0.141. The maximum absolute atomic E-state index is 13.5. The third-order valence-electron chi connectivity index (χ3n) is 5.79. The molecule has 0 aliphatic carbocycles. The molecular weight excluding hydrogens is 488 g/mol. The maximum Gasteiger partial charge on any atom is 0.249 e. The number of nitrogens with zero attached hydrogens (tertiary/aromatic N) is 2. The summed E-state index contributed by atoms with van der Waals surface area (Å²) in [6.07, 6.45) is -0.390. The molecule has 0 saturated carbocycles. The van der Waals surface area contributed by atoms with Gasteiger partial charge in [0.1, 0.15) is 29.8 Å². The highest BCUT2D eigenvalue weighted by Crippen LogP contribution is 2.40. The number of para-hydroxylation sites is 1. The number of anilines is 1. The van der Waals surface area contributed by atoms with Crippen molar-refractivity contribution in [2.75, 3.05) is 24.7 Å². The average molecular weight is 519 g/mol. The van der Waals surface area contributed by atoms with Crippen LogP contribution in [0.1, 0.15) is 44.4 Å². The second kappa shape index (κ2) is 10.9. The highest BCUT2D eigenvalue weighted by molar-refractivity contribution is 8.16. The number of benzene rings is 2. The van der Waals surface area contributed by atoms with Gasteiger partial charge in [-0.3, -0.25) is 14.7 Å². The molecule has 0 aromatic heterocycles. The topological polar surface area (TPSA) is 80.6 Å². The summed E-state index contributed by atoms with van der Waals surface area (Å²) in [5, 5.41) is 11.4. The molecule has 2 aromatic rings. The van der Waals surface area contributed by atoms with Gasteiger partial charge in [0.2, 0.25) is 5.91 Å². The van der Waals surface area contributed by atoms with Crippen LogP contribution in [0.4, 0.5) is 5.69 Å². The van der Waals surface area contributed by atoms with Gasteiger partial charge in [-0.05, 0) is 56.5 Å². The summed E-state index contributed by atoms with van der Waals surface area (Å²) in [4.78, 5) is 19.7. The number of aliphatic hydroxyl groups is 1. The summed E-state index contributed by atoms with van der Waals surface area (Å²) < 4.78 is 17.1. The Kier molecular flexibility index (Phi) is 8.08. The zero-order valence-electron chi connectivity index (χ0n) is 20.4. The molecule has 9 heteroatoms. The molecule has 1 amide bonds. The van der Waals surface area contributed by atoms with Crippen LogP contribution in [0.15, 0.2) is 47.5 Å². The zero-order chi connectivity index (χ0) is 25.2. The van der Waals surface area contributed by atoms with E-state index in [1.54, 1.807) is 23.1 Å². The van der Waals surface area contributed by atoms with Crippen molar-refractivity contribution in [2.45, 2.75) is 57.4 Å². The van der Waals surface area contributed by atoms with Gasteiger partial charge in [0.05, 0.1) is 17.3 Å². The number of aliphatic hydroxyl groups excluding tert-OH is 1. The summed E-state index contributed by atoms with van der Waals surface area (Å²) >= 11 is 7.75. The minimum atomic E-state index is -1.06. The van der Waals surface area contributed by atoms with Gasteiger partial charge in [0, 0.05) is 6.54 Å². The van der Waals surface area contributed by atoms with Crippen molar-refractivity contribution in [2.24, 2.45) is 4.99 Å². The molecule has 35 heavy (non-hydrogen) atoms. The molecule has 0 spiro atoms. The number of amides is 1. The number of carbonyl (C=O) groups is 1. The lowest BCUT2D eigenvalue weighted by Gasteiger charge is -2.20. The Morgan fingerprint density at radius 3 is 2.74 bits per heavy atom. The summed E-state index contributed by atoms with van der Waals surface area (Å²) in [6.45, 7) is 9.05. The molecule has 0 bridgehead atoms. The van der Waals surface area contributed by atoms with Crippen LogP contribution >= 0.6 is 23.4 Å². The Hall–Kier alpha value is -2.10. The van der Waals surface area contributed by atoms with Crippen LogP contribution in [0.25, 0.3) is 0 Å². The van der Waals surface area contributed by atoms with Gasteiger partial charge in [-0.25, -0.2) is 0 Å². The second-order valence-electron chi connectivity index (χ2n) is 9.06. The number of hydrogen-bond acceptors (Lipinski definition) is 7. The minimum absolute atomic E-state index is 0.188. The summed E-state index contributed by atoms with van der Waals surface area (Å²) in [6, 6.07) is 12.8. The molecule has 2 fully saturated rings. The number of carbonyl (C=O) groups excluding carboxylic acids is 1. The summed E-state index contributed by atoms with van der Waals surface area (Å²) in [5.41, 5.74) is 2.28. The van der Waals surface area contributed by atoms with Crippen molar-refractivity contribution in [3.8, 4) is 5.75 Å². The van der Waals surface area contributed by atoms with E-state index in [1.165, 1.54) is 11.8 Å². The Bertz CT molecular complexity index is 1110. The van der Waals surface area contributed by atoms with Crippen LogP contribution in [0, 0.1) is 6.92 Å². The molecule has 4 rings (SSSR count). The molecule has 0 radical (unpaired) electrons. The smallest absolute Gasteiger partial charge is 0.249 e. The molecule has 2 aliphatic rings. The van der Waals surface area contributed by atoms with E-state index in [2.05, 4.69) is 4.99 Å². The van der Waals surface area contributed by atoms with E-state index in [1.807, 2.05) is 52.0 Å². The highest BCUT2D eigenvalue weighted by atomic mass is 35.5. The van der Waals surface area contributed by atoms with Crippen LogP contribution in [-0.2, 0) is 14.3 Å². The molecule has 7 nitrogen and oxygen atoms in total. The molecule has 2 aliphatic heterocycles. The van der Waals surface area contributed by atoms with Gasteiger partial charge in [0.15, 0.2) is 11.0 Å². The minimum Gasteiger partial charge on any atom is -0.489 e. The van der Waals surface area contributed by atoms with Gasteiger partial charge in [-0.15, -0.1) is 0 Å². The molecule has 188 valence electrons. The Labute approximate surface area is 215 Å². The Morgan fingerprint density at radius 2 is 2.09 bits per heavy atom. The van der Waals surface area contributed by atoms with Crippen molar-refractivity contribution in [3.63, 3.8) is 0 Å². The normalized spacial score (nSPS) is 23.8. The maximum atomic E-state index is 13.5. The van der Waals surface area contributed by atoms with Crippen LogP contribution in [0.2, 0.25) is 5.02 Å². The fourth-order valence-electron chi connectivity index (χ4n) is 4.01. The highest BCUT2D eigenvalue weighted by Gasteiger charge is 2.44. The first-order valence-electron chi connectivity index (χ1n) is 11.7. The van der Waals surface area contributed by atoms with Crippen LogP contribution in [0.3, 0.4) is 0 Å². The predicted octanol–water partition coefficient (Wildman–Crippen LogP) is 5.13. The van der Waals surface area contributed by atoms with Crippen molar-refractivity contribution >= 4 is 40.1 Å². The van der Waals surface area contributed by atoms with Gasteiger partial charge < -0.3 is 19.3 Å². The van der Waals surface area contributed by atoms with Crippen LogP contribution < -0.4 is 9.64 Å². The standard InChI is InChI=1S/C26H31ClN2O5S/c1-5-12-28-25-29(20-9-7-6-8-16(20)2)24(31)23(35-25)22(30)17-10-11-21(19(27)13-17)32-14-18-15-33-26(3,4)34-18/h6-11,13,18,22-23,30H,5,12,14-15H2,1-4H3/b28-25-/t18-,22?,23?/m0/s1. The number of amidine groups is 1. The van der Waals surface area contributed by atoms with Gasteiger partial charge in [0.25, 0.3) is 0 Å². The fraction of sp³-hybridized carbons (Fsp3) is 0.462. The van der Waals surface area contributed by atoms with E-state index >= 15 is 0 Å². The van der Waals surface area contributed by atoms with Gasteiger partial charge in [-0.1, -0.05) is 54.6 Å². The van der Waals surface area contributed by atoms with Crippen molar-refractivity contribution in [1.29, 1.82) is 0 Å². The van der Waals surface area contributed by atoms with Crippen molar-refractivity contribution in [3.05, 3.63) is 58.6 Å². The fourth-order valence-corrected chi connectivity index (χ4v) is 5.43. The third-order valence-corrected chi connectivity index (χ3v) is 7.32. The molecule has 2 saturated heterocycles. The van der Waals surface area contributed by atoms with E-state index in [4.69, 9.17) is 25.8 Å². The lowest BCUT2D eigenvalue weighted by Crippen LogP contribution is -2.34. The van der Waals surface area contributed by atoms with Crippen LogP contribution in [0.5, 0.6) is 5.75 Å². The van der Waals surface area contributed by atoms with E-state index in [9.17, 15) is 9.90 Å². The second-order valence-corrected chi connectivity index (χ2v) is 10.6. The van der Waals surface area contributed by atoms with Crippen molar-refractivity contribution in [1.82, 2.24) is 0 Å². The predicted molar refractivity (Wildman–Crippen MR) is 139 cm³/mol. The molecule has 1 N–H and O–H groups in total. The lowest BCUT2D eigenvalue weighted by atomic mass is 10.0. The average Bonchev–Trinajstić information content (AvgIpc) is 3.34. The summed E-state index contributed by atoms with van der Waals surface area (Å²) in [7, 11) is 0. The Morgan fingerprint density at radius 1 is 1.31 bits per heavy atom. The number of hydrogen-bond donors (Lipinski definition) is 1. The number of thioether (sulfide) groups is 1. The third kappa shape index (κ3) is 5.84. The zero-order valence-corrected chi connectivity index (χ0v) is 21.9. The number of rotatable bonds is 8. The van der Waals surface area contributed by atoms with E-state index < -0.39 is 17.1 Å². The first kappa shape index (κ1) is 26.0. The Balaban J connectivity index is 1.50. The summed E-state index contributed by atoms with van der Waals surface area (Å²) in [5.74, 6) is -0.347.